The van der Waals surface area contributed by atoms with E-state index in [0.717, 1.165) is 12.3 Å². The van der Waals surface area contributed by atoms with Crippen molar-refractivity contribution in [2.75, 3.05) is 12.3 Å². The minimum atomic E-state index is 0.872. The highest BCUT2D eigenvalue weighted by molar-refractivity contribution is 7.80. The molecular formula is C24H53NS. The zero-order chi connectivity index (χ0) is 19.6. The Kier molecular flexibility index (Phi) is 33.0. The third-order valence-corrected chi connectivity index (χ3v) is 5.39. The van der Waals surface area contributed by atoms with Gasteiger partial charge in [-0.2, -0.15) is 12.6 Å². The van der Waals surface area contributed by atoms with Crippen molar-refractivity contribution in [2.45, 2.75) is 142 Å². The molecule has 0 saturated carbocycles. The quantitative estimate of drug-likeness (QED) is 0.158. The van der Waals surface area contributed by atoms with Crippen molar-refractivity contribution in [3.05, 3.63) is 0 Å². The van der Waals surface area contributed by atoms with Crippen LogP contribution in [-0.4, -0.2) is 12.3 Å². The SMILES string of the molecule is CCCCCCCCCCCCN.CCCCCCCCCCCCS. The number of nitrogens with two attached hydrogens (primary N) is 1. The van der Waals surface area contributed by atoms with Crippen LogP contribution in [0.1, 0.15) is 142 Å². The summed E-state index contributed by atoms with van der Waals surface area (Å²) < 4.78 is 0. The molecule has 0 radical (unpaired) electrons. The molecule has 1 nitrogen and oxygen atoms in total. The van der Waals surface area contributed by atoms with Gasteiger partial charge in [-0.15, -0.1) is 0 Å². The molecular weight excluding hydrogens is 334 g/mol. The predicted octanol–water partition coefficient (Wildman–Crippen LogP) is 8.70. The summed E-state index contributed by atoms with van der Waals surface area (Å²) in [5.74, 6) is 1.07. The van der Waals surface area contributed by atoms with Gasteiger partial charge in [0.15, 0.2) is 0 Å². The van der Waals surface area contributed by atoms with Crippen LogP contribution in [0.25, 0.3) is 0 Å². The van der Waals surface area contributed by atoms with Crippen molar-refractivity contribution >= 4 is 12.6 Å². The van der Waals surface area contributed by atoms with Gasteiger partial charge in [0.25, 0.3) is 0 Å². The van der Waals surface area contributed by atoms with Crippen LogP contribution in [0.4, 0.5) is 0 Å². The first-order valence-electron chi connectivity index (χ1n) is 12.1. The number of hydrogen-bond acceptors (Lipinski definition) is 2. The van der Waals surface area contributed by atoms with Gasteiger partial charge < -0.3 is 5.73 Å². The number of unbranched alkanes of at least 4 members (excludes halogenated alkanes) is 18. The average Bonchev–Trinajstić information content (AvgIpc) is 2.66. The van der Waals surface area contributed by atoms with Crippen LogP contribution in [-0.2, 0) is 0 Å². The number of thiol groups is 1. The lowest BCUT2D eigenvalue weighted by molar-refractivity contribution is 0.558. The van der Waals surface area contributed by atoms with E-state index in [1.807, 2.05) is 0 Å². The summed E-state index contributed by atoms with van der Waals surface area (Å²) in [6, 6.07) is 0. The van der Waals surface area contributed by atoms with Crippen LogP contribution >= 0.6 is 12.6 Å². The molecule has 0 saturated heterocycles. The summed E-state index contributed by atoms with van der Waals surface area (Å²) in [6.07, 6.45) is 28.1. The normalized spacial score (nSPS) is 10.6. The van der Waals surface area contributed by atoms with E-state index in [0.29, 0.717) is 0 Å². The van der Waals surface area contributed by atoms with Crippen molar-refractivity contribution in [3.63, 3.8) is 0 Å². The van der Waals surface area contributed by atoms with Crippen LogP contribution in [0.2, 0.25) is 0 Å². The molecule has 2 N–H and O–H groups in total. The van der Waals surface area contributed by atoms with Gasteiger partial charge in [-0.1, -0.05) is 129 Å². The van der Waals surface area contributed by atoms with E-state index < -0.39 is 0 Å². The molecule has 0 aromatic heterocycles. The Morgan fingerprint density at radius 3 is 0.962 bits per heavy atom. The fourth-order valence-electron chi connectivity index (χ4n) is 3.23. The minimum Gasteiger partial charge on any atom is -0.330 e. The van der Waals surface area contributed by atoms with E-state index >= 15 is 0 Å². The van der Waals surface area contributed by atoms with E-state index in [2.05, 4.69) is 26.5 Å². The topological polar surface area (TPSA) is 26.0 Å². The molecule has 0 heterocycles. The molecule has 26 heavy (non-hydrogen) atoms. The minimum absolute atomic E-state index is 0.872. The Morgan fingerprint density at radius 2 is 0.692 bits per heavy atom. The lowest BCUT2D eigenvalue weighted by atomic mass is 10.1. The zero-order valence-electron chi connectivity index (χ0n) is 18.6. The predicted molar refractivity (Wildman–Crippen MR) is 127 cm³/mol. The number of rotatable bonds is 20. The maximum Gasteiger partial charge on any atom is -0.00773 e. The number of hydrogen-bond donors (Lipinski definition) is 2. The van der Waals surface area contributed by atoms with E-state index in [-0.39, 0.29) is 0 Å². The Morgan fingerprint density at radius 1 is 0.423 bits per heavy atom. The van der Waals surface area contributed by atoms with Gasteiger partial charge in [0.05, 0.1) is 0 Å². The van der Waals surface area contributed by atoms with E-state index in [1.165, 1.54) is 128 Å². The summed E-state index contributed by atoms with van der Waals surface area (Å²) in [6.45, 7) is 5.42. The molecule has 0 aliphatic heterocycles. The van der Waals surface area contributed by atoms with Crippen LogP contribution in [0, 0.1) is 0 Å². The Balaban J connectivity index is 0. The molecule has 2 heteroatoms. The lowest BCUT2D eigenvalue weighted by Gasteiger charge is -2.00. The van der Waals surface area contributed by atoms with Gasteiger partial charge in [0.2, 0.25) is 0 Å². The third kappa shape index (κ3) is 32.0. The average molecular weight is 388 g/mol. The van der Waals surface area contributed by atoms with Gasteiger partial charge in [-0.3, -0.25) is 0 Å². The Labute approximate surface area is 173 Å². The largest absolute Gasteiger partial charge is 0.330 e. The second-order valence-corrected chi connectivity index (χ2v) is 8.32. The van der Waals surface area contributed by atoms with E-state index in [9.17, 15) is 0 Å². The van der Waals surface area contributed by atoms with Gasteiger partial charge in [0.1, 0.15) is 0 Å². The Hall–Kier alpha value is 0.310. The molecule has 0 rings (SSSR count). The first kappa shape index (κ1) is 28.5. The fourth-order valence-corrected chi connectivity index (χ4v) is 3.45. The van der Waals surface area contributed by atoms with Crippen molar-refractivity contribution < 1.29 is 0 Å². The molecule has 0 aliphatic carbocycles. The highest BCUT2D eigenvalue weighted by atomic mass is 32.1. The molecule has 0 aromatic carbocycles. The van der Waals surface area contributed by atoms with Crippen molar-refractivity contribution in [2.24, 2.45) is 5.73 Å². The second-order valence-electron chi connectivity index (χ2n) is 7.88. The molecule has 0 unspecified atom stereocenters. The summed E-state index contributed by atoms with van der Waals surface area (Å²) in [4.78, 5) is 0. The molecule has 0 spiro atoms. The van der Waals surface area contributed by atoms with Crippen molar-refractivity contribution in [1.29, 1.82) is 0 Å². The zero-order valence-corrected chi connectivity index (χ0v) is 19.5. The molecule has 0 fully saturated rings. The first-order chi connectivity index (χ1) is 12.8. The highest BCUT2D eigenvalue weighted by Gasteiger charge is 1.92. The van der Waals surface area contributed by atoms with Crippen molar-refractivity contribution in [1.82, 2.24) is 0 Å². The summed E-state index contributed by atoms with van der Waals surface area (Å²) in [5, 5.41) is 0. The summed E-state index contributed by atoms with van der Waals surface area (Å²) in [5.41, 5.74) is 5.42. The van der Waals surface area contributed by atoms with Gasteiger partial charge in [-0.05, 0) is 25.1 Å². The molecule has 0 bridgehead atoms. The monoisotopic (exact) mass is 387 g/mol. The molecule has 0 atom stereocenters. The van der Waals surface area contributed by atoms with Crippen LogP contribution in [0.3, 0.4) is 0 Å². The lowest BCUT2D eigenvalue weighted by Crippen LogP contribution is -1.97. The third-order valence-electron chi connectivity index (χ3n) is 5.07. The van der Waals surface area contributed by atoms with Crippen molar-refractivity contribution in [3.8, 4) is 0 Å². The van der Waals surface area contributed by atoms with Crippen LogP contribution < -0.4 is 5.73 Å². The maximum absolute atomic E-state index is 5.42. The molecule has 0 aromatic rings. The summed E-state index contributed by atoms with van der Waals surface area (Å²) >= 11 is 4.20. The molecule has 0 aliphatic rings. The standard InChI is InChI=1S/C12H27N.C12H26S/c2*1-2-3-4-5-6-7-8-9-10-11-12-13/h2-13H2,1H3;13H,2-12H2,1H3. The van der Waals surface area contributed by atoms with Crippen LogP contribution in [0.15, 0.2) is 0 Å². The van der Waals surface area contributed by atoms with Gasteiger partial charge in [0, 0.05) is 0 Å². The van der Waals surface area contributed by atoms with E-state index in [4.69, 9.17) is 5.73 Å². The first-order valence-corrected chi connectivity index (χ1v) is 12.8. The Bertz CT molecular complexity index is 166. The smallest absolute Gasteiger partial charge is 0.00773 e. The highest BCUT2D eigenvalue weighted by Crippen LogP contribution is 2.11. The second kappa shape index (κ2) is 30.1. The van der Waals surface area contributed by atoms with E-state index in [1.54, 1.807) is 0 Å². The van der Waals surface area contributed by atoms with Gasteiger partial charge in [-0.25, -0.2) is 0 Å². The molecule has 160 valence electrons. The fraction of sp³-hybridized carbons (Fsp3) is 1.00. The molecule has 0 amide bonds. The van der Waals surface area contributed by atoms with Crippen LogP contribution in [0.5, 0.6) is 0 Å². The van der Waals surface area contributed by atoms with Gasteiger partial charge >= 0.3 is 0 Å². The maximum atomic E-state index is 5.42. The summed E-state index contributed by atoms with van der Waals surface area (Å²) in [7, 11) is 0.